The molecule has 0 saturated carbocycles. The quantitative estimate of drug-likeness (QED) is 0.242. The number of hydrogen-bond acceptors (Lipinski definition) is 4. The normalized spacial score (nSPS) is 12.6. The predicted molar refractivity (Wildman–Crippen MR) is 148 cm³/mol. The number of amides is 1. The molecule has 7 nitrogen and oxygen atoms in total. The Hall–Kier alpha value is -3.76. The van der Waals surface area contributed by atoms with Crippen LogP contribution in [0.25, 0.3) is 22.0 Å². The molecule has 1 amide bonds. The lowest BCUT2D eigenvalue weighted by Gasteiger charge is -2.28. The number of carbonyl (C=O) groups is 1. The first-order valence-electron chi connectivity index (χ1n) is 12.3. The first kappa shape index (κ1) is 29.2. The summed E-state index contributed by atoms with van der Waals surface area (Å²) in [7, 11) is 1.51. The maximum atomic E-state index is 13.4. The Bertz CT molecular complexity index is 1660. The van der Waals surface area contributed by atoms with Gasteiger partial charge in [-0.15, -0.1) is 0 Å². The van der Waals surface area contributed by atoms with Gasteiger partial charge in [-0.05, 0) is 70.0 Å². The smallest absolute Gasteiger partial charge is 0.410 e. The number of carbonyl (C=O) groups excluding carboxylic acids is 1. The van der Waals surface area contributed by atoms with Gasteiger partial charge in [-0.3, -0.25) is 9.59 Å². The van der Waals surface area contributed by atoms with Crippen molar-refractivity contribution < 1.29 is 27.8 Å². The second kappa shape index (κ2) is 10.0. The average Bonchev–Trinajstić information content (AvgIpc) is 3.28. The van der Waals surface area contributed by atoms with Crippen molar-refractivity contribution >= 4 is 28.4 Å². The fourth-order valence-corrected chi connectivity index (χ4v) is 4.42. The minimum absolute atomic E-state index is 0.0171. The molecule has 0 atom stereocenters. The number of ether oxygens (including phenoxy) is 1. The Balaban J connectivity index is 1.94. The highest BCUT2D eigenvalue weighted by Gasteiger charge is 2.48. The molecule has 2 aromatic heterocycles. The predicted octanol–water partition coefficient (Wildman–Crippen LogP) is 6.59. The van der Waals surface area contributed by atoms with Gasteiger partial charge in [0, 0.05) is 29.8 Å². The lowest BCUT2D eigenvalue weighted by molar-refractivity contribution is -0.182. The molecule has 212 valence electrons. The van der Waals surface area contributed by atoms with Crippen molar-refractivity contribution in [2.75, 3.05) is 0 Å². The summed E-state index contributed by atoms with van der Waals surface area (Å²) in [6.07, 6.45) is -3.16. The molecule has 0 unspecified atom stereocenters. The van der Waals surface area contributed by atoms with Crippen molar-refractivity contribution in [2.45, 2.75) is 51.9 Å². The van der Waals surface area contributed by atoms with Crippen LogP contribution in [0.15, 0.2) is 53.5 Å². The number of alkyl halides is 3. The number of aromatic amines is 1. The average molecular weight is 576 g/mol. The van der Waals surface area contributed by atoms with Crippen molar-refractivity contribution in [3.8, 4) is 22.6 Å². The molecule has 0 aliphatic carbocycles. The van der Waals surface area contributed by atoms with Crippen molar-refractivity contribution in [1.29, 1.82) is 0 Å². The van der Waals surface area contributed by atoms with Gasteiger partial charge in [-0.2, -0.15) is 13.2 Å². The second-order valence-corrected chi connectivity index (χ2v) is 11.2. The number of fused-ring (bicyclic) bond motifs is 1. The van der Waals surface area contributed by atoms with Crippen molar-refractivity contribution in [3.63, 3.8) is 0 Å². The van der Waals surface area contributed by atoms with Gasteiger partial charge in [0.05, 0.1) is 10.6 Å². The monoisotopic (exact) mass is 575 g/mol. The summed E-state index contributed by atoms with van der Waals surface area (Å²) in [4.78, 5) is 28.6. The van der Waals surface area contributed by atoms with Crippen LogP contribution in [0, 0.1) is 6.92 Å². The zero-order valence-corrected chi connectivity index (χ0v) is 23.5. The number of rotatable bonds is 6. The van der Waals surface area contributed by atoms with Gasteiger partial charge in [0.2, 0.25) is 0 Å². The van der Waals surface area contributed by atoms with Gasteiger partial charge in [-0.25, -0.2) is 0 Å². The molecule has 0 bridgehead atoms. The molecule has 11 heteroatoms. The minimum Gasteiger partial charge on any atom is -0.455 e. The summed E-state index contributed by atoms with van der Waals surface area (Å²) >= 11 is 6.41. The largest absolute Gasteiger partial charge is 0.455 e. The molecule has 0 radical (unpaired) electrons. The van der Waals surface area contributed by atoms with Crippen LogP contribution in [0.5, 0.6) is 11.5 Å². The number of halogens is 4. The number of nitrogens with one attached hydrogen (secondary N) is 2. The maximum absolute atomic E-state index is 13.4. The molecule has 2 heterocycles. The number of hydrogen-bond donors (Lipinski definition) is 3. The zero-order valence-electron chi connectivity index (χ0n) is 22.7. The fourth-order valence-electron chi connectivity index (χ4n) is 4.16. The number of benzene rings is 2. The van der Waals surface area contributed by atoms with E-state index in [1.165, 1.54) is 23.9 Å². The van der Waals surface area contributed by atoms with Crippen LogP contribution in [0.1, 0.15) is 49.3 Å². The Morgan fingerprint density at radius 2 is 1.75 bits per heavy atom. The van der Waals surface area contributed by atoms with Crippen molar-refractivity contribution in [3.05, 3.63) is 80.9 Å². The molecule has 0 saturated heterocycles. The Morgan fingerprint density at radius 1 is 1.07 bits per heavy atom. The van der Waals surface area contributed by atoms with E-state index >= 15 is 0 Å². The topological polar surface area (TPSA) is 96.3 Å². The standard InChI is InChI=1S/C29H29ClF3N3O4/c1-15-8-7-9-20(30)24(15)40-22-11-10-16(27(2,3)39)12-17(22)19-14-36(6)26(38)23-18(19)13-21(34-23)25(37)35-28(4,5)29(31,32)33/h7-14,34,39H,1-6H3,(H,35,37). The van der Waals surface area contributed by atoms with Gasteiger partial charge < -0.3 is 24.7 Å². The Labute approximate surface area is 233 Å². The van der Waals surface area contributed by atoms with E-state index < -0.39 is 28.8 Å². The number of aryl methyl sites for hydroxylation is 2. The van der Waals surface area contributed by atoms with Crippen LogP contribution >= 0.6 is 11.6 Å². The summed E-state index contributed by atoms with van der Waals surface area (Å²) in [6.45, 7) is 6.75. The lowest BCUT2D eigenvalue weighted by atomic mass is 9.93. The van der Waals surface area contributed by atoms with E-state index in [9.17, 15) is 27.9 Å². The molecule has 40 heavy (non-hydrogen) atoms. The summed E-state index contributed by atoms with van der Waals surface area (Å²) in [5.74, 6) is -0.277. The summed E-state index contributed by atoms with van der Waals surface area (Å²) in [6, 6.07) is 11.7. The Morgan fingerprint density at radius 3 is 2.35 bits per heavy atom. The third kappa shape index (κ3) is 5.46. The highest BCUT2D eigenvalue weighted by molar-refractivity contribution is 6.32. The lowest BCUT2D eigenvalue weighted by Crippen LogP contribution is -2.54. The molecule has 2 aromatic carbocycles. The molecule has 0 fully saturated rings. The van der Waals surface area contributed by atoms with Gasteiger partial charge in [0.1, 0.15) is 28.2 Å². The van der Waals surface area contributed by atoms with E-state index in [2.05, 4.69) is 4.98 Å². The highest BCUT2D eigenvalue weighted by atomic mass is 35.5. The zero-order chi connectivity index (χ0) is 29.8. The number of aromatic nitrogens is 2. The van der Waals surface area contributed by atoms with Crippen LogP contribution in [-0.2, 0) is 12.6 Å². The van der Waals surface area contributed by atoms with Crippen LogP contribution in [0.3, 0.4) is 0 Å². The minimum atomic E-state index is -4.70. The van der Waals surface area contributed by atoms with Crippen molar-refractivity contribution in [2.24, 2.45) is 7.05 Å². The number of para-hydroxylation sites is 1. The van der Waals surface area contributed by atoms with E-state index in [4.69, 9.17) is 16.3 Å². The SMILES string of the molecule is Cc1cccc(Cl)c1Oc1ccc(C(C)(C)O)cc1-c1cn(C)c(=O)c2[nH]c(C(=O)NC(C)(C)C(F)(F)F)cc12. The van der Waals surface area contributed by atoms with E-state index in [0.29, 0.717) is 33.2 Å². The van der Waals surface area contributed by atoms with Crippen LogP contribution in [0.4, 0.5) is 13.2 Å². The first-order chi connectivity index (χ1) is 18.4. The van der Waals surface area contributed by atoms with Crippen LogP contribution < -0.4 is 15.6 Å². The molecule has 3 N–H and O–H groups in total. The molecule has 0 aliphatic rings. The van der Waals surface area contributed by atoms with Crippen LogP contribution in [0.2, 0.25) is 5.02 Å². The fraction of sp³-hybridized carbons (Fsp3) is 0.310. The van der Waals surface area contributed by atoms with Crippen LogP contribution in [-0.4, -0.2) is 32.3 Å². The van der Waals surface area contributed by atoms with Gasteiger partial charge in [0.25, 0.3) is 11.5 Å². The maximum Gasteiger partial charge on any atom is 0.410 e. The molecule has 4 rings (SSSR count). The first-order valence-corrected chi connectivity index (χ1v) is 12.7. The highest BCUT2D eigenvalue weighted by Crippen LogP contribution is 2.41. The molecular weight excluding hydrogens is 547 g/mol. The van der Waals surface area contributed by atoms with E-state index in [1.54, 1.807) is 44.2 Å². The van der Waals surface area contributed by atoms with E-state index in [-0.39, 0.29) is 16.6 Å². The number of nitrogens with zero attached hydrogens (tertiary/aromatic N) is 1. The third-order valence-electron chi connectivity index (χ3n) is 6.70. The van der Waals surface area contributed by atoms with Crippen molar-refractivity contribution in [1.82, 2.24) is 14.9 Å². The van der Waals surface area contributed by atoms with E-state index in [1.807, 2.05) is 18.3 Å². The summed E-state index contributed by atoms with van der Waals surface area (Å²) in [5, 5.41) is 13.4. The molecule has 4 aromatic rings. The van der Waals surface area contributed by atoms with Gasteiger partial charge in [-0.1, -0.05) is 29.8 Å². The summed E-state index contributed by atoms with van der Waals surface area (Å²) in [5.41, 5.74) is -2.24. The number of pyridine rings is 1. The summed E-state index contributed by atoms with van der Waals surface area (Å²) < 4.78 is 47.8. The molecule has 0 aliphatic heterocycles. The van der Waals surface area contributed by atoms with Gasteiger partial charge in [0.15, 0.2) is 0 Å². The van der Waals surface area contributed by atoms with Gasteiger partial charge >= 0.3 is 6.18 Å². The third-order valence-corrected chi connectivity index (χ3v) is 6.99. The number of H-pyrrole nitrogens is 1. The number of aliphatic hydroxyl groups is 1. The molecule has 0 spiro atoms. The Kier molecular flexibility index (Phi) is 7.32. The van der Waals surface area contributed by atoms with E-state index in [0.717, 1.165) is 19.4 Å². The second-order valence-electron chi connectivity index (χ2n) is 10.8. The molecular formula is C29H29ClF3N3O4.